The number of aliphatic hydroxyl groups is 1. The molecule has 0 aliphatic heterocycles. The van der Waals surface area contributed by atoms with E-state index in [2.05, 4.69) is 15.4 Å². The van der Waals surface area contributed by atoms with Gasteiger partial charge in [-0.25, -0.2) is 9.59 Å². The molecule has 0 saturated heterocycles. The standard InChI is InChI=1S/C19H17Cl2F3N2O4/c1-3-30-16(27)18(29,19(22,23)24)11-5-4-10(2)15(8-11)26-17(28)25-12-6-7-13(20)14(21)9-12/h4-9,29H,3H2,1-2H3,(H2,25,26,28)/t18-/m1/s1. The van der Waals surface area contributed by atoms with E-state index in [4.69, 9.17) is 23.2 Å². The molecule has 1 atom stereocenters. The van der Waals surface area contributed by atoms with Crippen LogP contribution in [0.25, 0.3) is 0 Å². The molecule has 6 nitrogen and oxygen atoms in total. The van der Waals surface area contributed by atoms with Crippen molar-refractivity contribution >= 4 is 46.6 Å². The third-order valence-electron chi connectivity index (χ3n) is 4.06. The van der Waals surface area contributed by atoms with Crippen LogP contribution < -0.4 is 10.6 Å². The summed E-state index contributed by atoms with van der Waals surface area (Å²) in [6.07, 6.45) is -5.35. The molecule has 2 amide bonds. The lowest BCUT2D eigenvalue weighted by Gasteiger charge is -2.29. The number of nitrogens with one attached hydrogen (secondary N) is 2. The van der Waals surface area contributed by atoms with Crippen molar-refractivity contribution in [2.24, 2.45) is 0 Å². The van der Waals surface area contributed by atoms with Crippen LogP contribution >= 0.6 is 23.2 Å². The van der Waals surface area contributed by atoms with E-state index in [1.807, 2.05) is 0 Å². The molecule has 0 aromatic heterocycles. The van der Waals surface area contributed by atoms with Gasteiger partial charge in [-0.15, -0.1) is 0 Å². The Kier molecular flexibility index (Phi) is 7.23. The van der Waals surface area contributed by atoms with Gasteiger partial charge in [-0.3, -0.25) is 0 Å². The van der Waals surface area contributed by atoms with Crippen LogP contribution in [0.15, 0.2) is 36.4 Å². The van der Waals surface area contributed by atoms with Crippen molar-refractivity contribution in [3.63, 3.8) is 0 Å². The molecule has 0 aliphatic carbocycles. The fourth-order valence-corrected chi connectivity index (χ4v) is 2.77. The minimum atomic E-state index is -5.35. The number of rotatable bonds is 5. The highest BCUT2D eigenvalue weighted by Gasteiger charge is 2.62. The van der Waals surface area contributed by atoms with E-state index in [9.17, 15) is 27.9 Å². The smallest absolute Gasteiger partial charge is 0.432 e. The summed E-state index contributed by atoms with van der Waals surface area (Å²) in [6, 6.07) is 6.53. The lowest BCUT2D eigenvalue weighted by atomic mass is 9.91. The number of halogens is 5. The van der Waals surface area contributed by atoms with Gasteiger partial charge in [-0.2, -0.15) is 13.2 Å². The number of aryl methyl sites for hydroxylation is 1. The van der Waals surface area contributed by atoms with Gasteiger partial charge in [-0.05, 0) is 43.7 Å². The molecule has 0 bridgehead atoms. The first-order valence-electron chi connectivity index (χ1n) is 8.50. The molecular formula is C19H17Cl2F3N2O4. The van der Waals surface area contributed by atoms with Gasteiger partial charge in [-0.1, -0.05) is 35.3 Å². The van der Waals surface area contributed by atoms with Crippen molar-refractivity contribution in [1.29, 1.82) is 0 Å². The maximum Gasteiger partial charge on any atom is 0.432 e. The first-order chi connectivity index (χ1) is 13.9. The maximum absolute atomic E-state index is 13.5. The summed E-state index contributed by atoms with van der Waals surface area (Å²) in [5, 5.41) is 15.5. The third-order valence-corrected chi connectivity index (χ3v) is 4.80. The number of esters is 1. The summed E-state index contributed by atoms with van der Waals surface area (Å²) in [5.74, 6) is -1.87. The van der Waals surface area contributed by atoms with Gasteiger partial charge >= 0.3 is 18.2 Å². The number of ether oxygens (including phenoxy) is 1. The van der Waals surface area contributed by atoms with Crippen molar-refractivity contribution in [2.45, 2.75) is 25.6 Å². The summed E-state index contributed by atoms with van der Waals surface area (Å²) in [4.78, 5) is 24.2. The van der Waals surface area contributed by atoms with Gasteiger partial charge in [0.05, 0.1) is 16.7 Å². The molecule has 0 aliphatic rings. The van der Waals surface area contributed by atoms with Crippen LogP contribution in [0.5, 0.6) is 0 Å². The molecule has 2 aromatic rings. The van der Waals surface area contributed by atoms with Crippen LogP contribution in [0.4, 0.5) is 29.3 Å². The van der Waals surface area contributed by atoms with E-state index in [-0.39, 0.29) is 28.0 Å². The number of benzene rings is 2. The fraction of sp³-hybridized carbons (Fsp3) is 0.263. The molecule has 0 fully saturated rings. The van der Waals surface area contributed by atoms with Gasteiger partial charge < -0.3 is 20.5 Å². The zero-order valence-electron chi connectivity index (χ0n) is 15.7. The second-order valence-corrected chi connectivity index (χ2v) is 6.98. The topological polar surface area (TPSA) is 87.7 Å². The van der Waals surface area contributed by atoms with E-state index in [1.165, 1.54) is 38.1 Å². The number of hydrogen-bond donors (Lipinski definition) is 3. The average molecular weight is 465 g/mol. The Morgan fingerprint density at radius 1 is 1.07 bits per heavy atom. The molecule has 0 radical (unpaired) electrons. The molecule has 11 heteroatoms. The number of amides is 2. The van der Waals surface area contributed by atoms with E-state index < -0.39 is 29.3 Å². The van der Waals surface area contributed by atoms with Gasteiger partial charge in [0.15, 0.2) is 0 Å². The van der Waals surface area contributed by atoms with Crippen molar-refractivity contribution in [1.82, 2.24) is 0 Å². The Balaban J connectivity index is 2.34. The largest absolute Gasteiger partial charge is 0.463 e. The van der Waals surface area contributed by atoms with E-state index >= 15 is 0 Å². The van der Waals surface area contributed by atoms with Crippen molar-refractivity contribution in [3.8, 4) is 0 Å². The van der Waals surface area contributed by atoms with E-state index in [0.717, 1.165) is 12.1 Å². The Labute approximate surface area is 179 Å². The monoisotopic (exact) mass is 464 g/mol. The highest BCUT2D eigenvalue weighted by Crippen LogP contribution is 2.41. The van der Waals surface area contributed by atoms with Crippen LogP contribution in [-0.4, -0.2) is 29.9 Å². The fourth-order valence-electron chi connectivity index (χ4n) is 2.47. The van der Waals surface area contributed by atoms with Crippen molar-refractivity contribution in [2.75, 3.05) is 17.2 Å². The van der Waals surface area contributed by atoms with Crippen molar-refractivity contribution < 1.29 is 32.6 Å². The molecule has 0 saturated carbocycles. The minimum absolute atomic E-state index is 0.0583. The van der Waals surface area contributed by atoms with E-state index in [0.29, 0.717) is 5.56 Å². The molecule has 0 spiro atoms. The minimum Gasteiger partial charge on any atom is -0.463 e. The molecule has 162 valence electrons. The predicted molar refractivity (Wildman–Crippen MR) is 107 cm³/mol. The summed E-state index contributed by atoms with van der Waals surface area (Å²) >= 11 is 11.7. The first kappa shape index (κ1) is 23.8. The van der Waals surface area contributed by atoms with Crippen LogP contribution in [0.3, 0.4) is 0 Å². The highest BCUT2D eigenvalue weighted by molar-refractivity contribution is 6.42. The summed E-state index contributed by atoms with van der Waals surface area (Å²) < 4.78 is 45.0. The third kappa shape index (κ3) is 4.97. The van der Waals surface area contributed by atoms with Gasteiger partial charge in [0.2, 0.25) is 0 Å². The van der Waals surface area contributed by atoms with Gasteiger partial charge in [0.25, 0.3) is 5.60 Å². The van der Waals surface area contributed by atoms with Gasteiger partial charge in [0.1, 0.15) is 0 Å². The average Bonchev–Trinajstić information content (AvgIpc) is 2.65. The molecule has 2 aromatic carbocycles. The van der Waals surface area contributed by atoms with Crippen LogP contribution in [-0.2, 0) is 15.1 Å². The highest BCUT2D eigenvalue weighted by atomic mass is 35.5. The quantitative estimate of drug-likeness (QED) is 0.526. The zero-order chi connectivity index (χ0) is 22.7. The Bertz CT molecular complexity index is 969. The number of carbonyl (C=O) groups is 2. The van der Waals surface area contributed by atoms with Gasteiger partial charge in [0, 0.05) is 16.9 Å². The number of alkyl halides is 3. The second-order valence-electron chi connectivity index (χ2n) is 6.17. The lowest BCUT2D eigenvalue weighted by molar-refractivity contribution is -0.267. The molecule has 2 rings (SSSR count). The summed E-state index contributed by atoms with van der Waals surface area (Å²) in [6.45, 7) is 2.47. The maximum atomic E-state index is 13.5. The number of urea groups is 1. The molecule has 3 N–H and O–H groups in total. The molecular weight excluding hydrogens is 448 g/mol. The second kappa shape index (κ2) is 9.11. The predicted octanol–water partition coefficient (Wildman–Crippen LogP) is 5.26. The number of carbonyl (C=O) groups excluding carboxylic acids is 2. The Morgan fingerprint density at radius 2 is 1.73 bits per heavy atom. The van der Waals surface area contributed by atoms with Crippen molar-refractivity contribution in [3.05, 3.63) is 57.6 Å². The van der Waals surface area contributed by atoms with Crippen LogP contribution in [0.1, 0.15) is 18.1 Å². The number of hydrogen-bond acceptors (Lipinski definition) is 4. The number of anilines is 2. The lowest BCUT2D eigenvalue weighted by Crippen LogP contribution is -2.50. The Hall–Kier alpha value is -2.49. The molecule has 0 unspecified atom stereocenters. The van der Waals surface area contributed by atoms with Crippen LogP contribution in [0.2, 0.25) is 10.0 Å². The molecule has 30 heavy (non-hydrogen) atoms. The Morgan fingerprint density at radius 3 is 2.30 bits per heavy atom. The van der Waals surface area contributed by atoms with Crippen LogP contribution in [0, 0.1) is 6.92 Å². The SMILES string of the molecule is CCOC(=O)[C@](O)(c1ccc(C)c(NC(=O)Nc2ccc(Cl)c(Cl)c2)c1)C(F)(F)F. The first-order valence-corrected chi connectivity index (χ1v) is 9.26. The molecule has 0 heterocycles. The van der Waals surface area contributed by atoms with E-state index in [1.54, 1.807) is 0 Å². The zero-order valence-corrected chi connectivity index (χ0v) is 17.2. The summed E-state index contributed by atoms with van der Waals surface area (Å²) in [7, 11) is 0. The normalized spacial score (nSPS) is 13.3. The summed E-state index contributed by atoms with van der Waals surface area (Å²) in [5.41, 5.74) is -4.08.